The Morgan fingerprint density at radius 2 is 2.00 bits per heavy atom. The summed E-state index contributed by atoms with van der Waals surface area (Å²) in [4.78, 5) is 28.2. The van der Waals surface area contributed by atoms with Gasteiger partial charge in [0.15, 0.2) is 5.76 Å². The highest BCUT2D eigenvalue weighted by molar-refractivity contribution is 6.31. The second kappa shape index (κ2) is 8.63. The molecule has 1 saturated heterocycles. The van der Waals surface area contributed by atoms with Gasteiger partial charge in [-0.2, -0.15) is 5.26 Å². The number of hydrogen-bond donors (Lipinski definition) is 1. The van der Waals surface area contributed by atoms with Crippen LogP contribution in [0.3, 0.4) is 0 Å². The van der Waals surface area contributed by atoms with Gasteiger partial charge in [-0.05, 0) is 36.8 Å². The molecule has 2 amide bonds. The number of carbonyl (C=O) groups is 2. The van der Waals surface area contributed by atoms with Crippen molar-refractivity contribution in [2.24, 2.45) is 0 Å². The molecule has 0 saturated carbocycles. The molecular formula is C20H19ClN4O3. The van der Waals surface area contributed by atoms with Crippen molar-refractivity contribution >= 4 is 29.1 Å². The van der Waals surface area contributed by atoms with E-state index in [4.69, 9.17) is 16.0 Å². The molecule has 0 bridgehead atoms. The van der Waals surface area contributed by atoms with Crippen LogP contribution in [0.25, 0.3) is 0 Å². The fourth-order valence-electron chi connectivity index (χ4n) is 2.80. The predicted octanol–water partition coefficient (Wildman–Crippen LogP) is 3.05. The number of anilines is 1. The van der Waals surface area contributed by atoms with Crippen LogP contribution in [-0.2, 0) is 4.79 Å². The molecule has 1 aliphatic rings. The number of aryl methyl sites for hydroxylation is 1. The Hall–Kier alpha value is -3.24. The predicted molar refractivity (Wildman–Crippen MR) is 105 cm³/mol. The van der Waals surface area contributed by atoms with Crippen LogP contribution in [0, 0.1) is 18.3 Å². The van der Waals surface area contributed by atoms with E-state index in [0.29, 0.717) is 42.6 Å². The number of piperazine rings is 1. The number of halogens is 1. The number of nitriles is 1. The zero-order chi connectivity index (χ0) is 20.1. The molecule has 1 aromatic heterocycles. The van der Waals surface area contributed by atoms with Crippen molar-refractivity contribution in [1.82, 2.24) is 9.80 Å². The molecule has 2 aromatic rings. The third-order valence-electron chi connectivity index (χ3n) is 4.44. The van der Waals surface area contributed by atoms with Crippen LogP contribution in [0.2, 0.25) is 5.02 Å². The maximum Gasteiger partial charge on any atom is 0.289 e. The standard InChI is InChI=1S/C20H19ClN4O3/c1-14-4-5-16(11-17(14)21)23-19(26)15(12-22)13-24-6-8-25(9-7-24)20(27)18-3-2-10-28-18/h2-5,10-11,13H,6-9H2,1H3,(H,23,26)/b15-13-. The molecule has 0 aliphatic carbocycles. The minimum atomic E-state index is -0.503. The Balaban J connectivity index is 1.60. The van der Waals surface area contributed by atoms with Gasteiger partial charge in [0.2, 0.25) is 0 Å². The summed E-state index contributed by atoms with van der Waals surface area (Å²) in [5, 5.41) is 12.6. The molecule has 0 unspecified atom stereocenters. The van der Waals surface area contributed by atoms with E-state index >= 15 is 0 Å². The van der Waals surface area contributed by atoms with Crippen molar-refractivity contribution in [1.29, 1.82) is 5.26 Å². The highest BCUT2D eigenvalue weighted by Gasteiger charge is 2.23. The van der Waals surface area contributed by atoms with E-state index in [1.54, 1.807) is 35.2 Å². The third-order valence-corrected chi connectivity index (χ3v) is 4.85. The van der Waals surface area contributed by atoms with Crippen molar-refractivity contribution in [3.05, 3.63) is 64.7 Å². The van der Waals surface area contributed by atoms with Crippen molar-refractivity contribution < 1.29 is 14.0 Å². The lowest BCUT2D eigenvalue weighted by Crippen LogP contribution is -2.47. The summed E-state index contributed by atoms with van der Waals surface area (Å²) in [6.45, 7) is 3.85. The first-order valence-electron chi connectivity index (χ1n) is 8.74. The largest absolute Gasteiger partial charge is 0.459 e. The normalized spacial score (nSPS) is 14.5. The van der Waals surface area contributed by atoms with Gasteiger partial charge in [-0.15, -0.1) is 0 Å². The van der Waals surface area contributed by atoms with Gasteiger partial charge in [-0.25, -0.2) is 0 Å². The molecule has 28 heavy (non-hydrogen) atoms. The topological polar surface area (TPSA) is 89.6 Å². The Kier molecular flexibility index (Phi) is 6.02. The Bertz CT molecular complexity index is 939. The number of nitrogens with one attached hydrogen (secondary N) is 1. The zero-order valence-electron chi connectivity index (χ0n) is 15.3. The second-order valence-corrected chi connectivity index (χ2v) is 6.79. The molecule has 0 spiro atoms. The minimum Gasteiger partial charge on any atom is -0.459 e. The molecule has 1 aliphatic heterocycles. The molecule has 144 valence electrons. The van der Waals surface area contributed by atoms with Crippen LogP contribution in [0.5, 0.6) is 0 Å². The number of amides is 2. The first kappa shape index (κ1) is 19.5. The van der Waals surface area contributed by atoms with Crippen molar-refractivity contribution in [3.63, 3.8) is 0 Å². The van der Waals surface area contributed by atoms with Gasteiger partial charge >= 0.3 is 0 Å². The number of rotatable bonds is 4. The van der Waals surface area contributed by atoms with E-state index in [1.807, 2.05) is 17.9 Å². The summed E-state index contributed by atoms with van der Waals surface area (Å²) in [6, 6.07) is 10.4. The first-order valence-corrected chi connectivity index (χ1v) is 9.12. The smallest absolute Gasteiger partial charge is 0.289 e. The second-order valence-electron chi connectivity index (χ2n) is 6.38. The molecule has 1 aromatic carbocycles. The van der Waals surface area contributed by atoms with Crippen LogP contribution in [-0.4, -0.2) is 47.8 Å². The van der Waals surface area contributed by atoms with E-state index in [-0.39, 0.29) is 11.5 Å². The quantitative estimate of drug-likeness (QED) is 0.631. The summed E-state index contributed by atoms with van der Waals surface area (Å²) >= 11 is 6.06. The number of nitrogens with zero attached hydrogens (tertiary/aromatic N) is 3. The fourth-order valence-corrected chi connectivity index (χ4v) is 2.98. The van der Waals surface area contributed by atoms with Crippen LogP contribution in [0.4, 0.5) is 5.69 Å². The summed E-state index contributed by atoms with van der Waals surface area (Å²) in [5.41, 5.74) is 1.41. The molecular weight excluding hydrogens is 380 g/mol. The van der Waals surface area contributed by atoms with Crippen LogP contribution in [0.1, 0.15) is 16.1 Å². The molecule has 0 atom stereocenters. The number of furan rings is 1. The Labute approximate surface area is 167 Å². The van der Waals surface area contributed by atoms with Crippen molar-refractivity contribution in [2.75, 3.05) is 31.5 Å². The maximum atomic E-state index is 12.4. The average molecular weight is 399 g/mol. The Morgan fingerprint density at radius 1 is 1.25 bits per heavy atom. The van der Waals surface area contributed by atoms with Gasteiger partial charge in [-0.1, -0.05) is 17.7 Å². The number of benzene rings is 1. The summed E-state index contributed by atoms with van der Waals surface area (Å²) in [6.07, 6.45) is 2.99. The molecule has 1 fully saturated rings. The molecule has 3 rings (SSSR count). The maximum absolute atomic E-state index is 12.4. The molecule has 1 N–H and O–H groups in total. The SMILES string of the molecule is Cc1ccc(NC(=O)/C(C#N)=C\N2CCN(C(=O)c3ccco3)CC2)cc1Cl. The first-order chi connectivity index (χ1) is 13.5. The van der Waals surface area contributed by atoms with Gasteiger partial charge < -0.3 is 19.5 Å². The van der Waals surface area contributed by atoms with Crippen LogP contribution < -0.4 is 5.32 Å². The Morgan fingerprint density at radius 3 is 2.61 bits per heavy atom. The highest BCUT2D eigenvalue weighted by Crippen LogP contribution is 2.20. The highest BCUT2D eigenvalue weighted by atomic mass is 35.5. The summed E-state index contributed by atoms with van der Waals surface area (Å²) < 4.78 is 5.14. The van der Waals surface area contributed by atoms with E-state index in [1.165, 1.54) is 12.5 Å². The van der Waals surface area contributed by atoms with Gasteiger partial charge in [0.25, 0.3) is 11.8 Å². The van der Waals surface area contributed by atoms with E-state index < -0.39 is 5.91 Å². The van der Waals surface area contributed by atoms with Crippen molar-refractivity contribution in [3.8, 4) is 6.07 Å². The van der Waals surface area contributed by atoms with E-state index in [0.717, 1.165) is 5.56 Å². The van der Waals surface area contributed by atoms with Gasteiger partial charge in [0.1, 0.15) is 11.6 Å². The fraction of sp³-hybridized carbons (Fsp3) is 0.250. The van der Waals surface area contributed by atoms with Crippen LogP contribution >= 0.6 is 11.6 Å². The zero-order valence-corrected chi connectivity index (χ0v) is 16.1. The summed E-state index contributed by atoms with van der Waals surface area (Å²) in [7, 11) is 0. The monoisotopic (exact) mass is 398 g/mol. The molecule has 7 nitrogen and oxygen atoms in total. The minimum absolute atomic E-state index is 0.0116. The average Bonchev–Trinajstić information content (AvgIpc) is 3.23. The van der Waals surface area contributed by atoms with E-state index in [9.17, 15) is 14.9 Å². The van der Waals surface area contributed by atoms with Crippen molar-refractivity contribution in [2.45, 2.75) is 6.92 Å². The molecule has 8 heteroatoms. The lowest BCUT2D eigenvalue weighted by molar-refractivity contribution is -0.112. The molecule has 2 heterocycles. The van der Waals surface area contributed by atoms with Gasteiger partial charge in [0.05, 0.1) is 6.26 Å². The van der Waals surface area contributed by atoms with Crippen LogP contribution in [0.15, 0.2) is 52.8 Å². The van der Waals surface area contributed by atoms with E-state index in [2.05, 4.69) is 5.32 Å². The third kappa shape index (κ3) is 4.53. The van der Waals surface area contributed by atoms with Gasteiger partial charge in [0, 0.05) is 43.1 Å². The van der Waals surface area contributed by atoms with Gasteiger partial charge in [-0.3, -0.25) is 9.59 Å². The number of hydrogen-bond acceptors (Lipinski definition) is 5. The molecule has 0 radical (unpaired) electrons. The lowest BCUT2D eigenvalue weighted by Gasteiger charge is -2.33. The number of carbonyl (C=O) groups excluding carboxylic acids is 2. The lowest BCUT2D eigenvalue weighted by atomic mass is 10.2. The summed E-state index contributed by atoms with van der Waals surface area (Å²) in [5.74, 6) is -0.363.